The molecule has 1 aromatic rings. The van der Waals surface area contributed by atoms with E-state index in [9.17, 15) is 9.59 Å². The second kappa shape index (κ2) is 9.22. The van der Waals surface area contributed by atoms with Gasteiger partial charge in [0.05, 0.1) is 0 Å². The van der Waals surface area contributed by atoms with Crippen molar-refractivity contribution in [1.29, 1.82) is 0 Å². The fraction of sp³-hybridized carbons (Fsp3) is 0.619. The van der Waals surface area contributed by atoms with Crippen LogP contribution in [0.3, 0.4) is 0 Å². The standard InChI is InChI=1S/C21H32N4O2/c1-24(15-16-6-3-2-4-7-16)21(27)25-12-10-17(11-13-25)20(26)23-19-9-5-8-18(19)14-22/h2-4,6-7,17-19H,5,8-15,22H2,1H3,(H,23,26). The van der Waals surface area contributed by atoms with Gasteiger partial charge in [-0.15, -0.1) is 0 Å². The van der Waals surface area contributed by atoms with Crippen LogP contribution in [0.5, 0.6) is 0 Å². The third-order valence-corrected chi connectivity index (χ3v) is 6.01. The second-order valence-electron chi connectivity index (χ2n) is 7.93. The first-order valence-electron chi connectivity index (χ1n) is 10.1. The summed E-state index contributed by atoms with van der Waals surface area (Å²) in [5.41, 5.74) is 6.93. The largest absolute Gasteiger partial charge is 0.353 e. The highest BCUT2D eigenvalue weighted by Gasteiger charge is 2.32. The molecule has 1 saturated heterocycles. The van der Waals surface area contributed by atoms with Crippen LogP contribution in [-0.2, 0) is 11.3 Å². The van der Waals surface area contributed by atoms with Crippen LogP contribution in [0, 0.1) is 11.8 Å². The van der Waals surface area contributed by atoms with Crippen LogP contribution < -0.4 is 11.1 Å². The first-order chi connectivity index (χ1) is 13.1. The molecule has 2 unspecified atom stereocenters. The number of piperidine rings is 1. The van der Waals surface area contributed by atoms with Gasteiger partial charge >= 0.3 is 6.03 Å². The number of hydrogen-bond acceptors (Lipinski definition) is 3. The fourth-order valence-electron chi connectivity index (χ4n) is 4.31. The van der Waals surface area contributed by atoms with Crippen molar-refractivity contribution in [3.05, 3.63) is 35.9 Å². The summed E-state index contributed by atoms with van der Waals surface area (Å²) >= 11 is 0. The van der Waals surface area contributed by atoms with Crippen molar-refractivity contribution in [3.8, 4) is 0 Å². The molecule has 1 heterocycles. The summed E-state index contributed by atoms with van der Waals surface area (Å²) in [4.78, 5) is 28.9. The van der Waals surface area contributed by atoms with Gasteiger partial charge in [0, 0.05) is 38.6 Å². The van der Waals surface area contributed by atoms with Crippen LogP contribution in [0.1, 0.15) is 37.7 Å². The predicted molar refractivity (Wildman–Crippen MR) is 106 cm³/mol. The van der Waals surface area contributed by atoms with E-state index in [-0.39, 0.29) is 23.9 Å². The smallest absolute Gasteiger partial charge is 0.320 e. The van der Waals surface area contributed by atoms with Gasteiger partial charge in [0.1, 0.15) is 0 Å². The Hall–Kier alpha value is -2.08. The minimum absolute atomic E-state index is 0.00695. The highest BCUT2D eigenvalue weighted by molar-refractivity contribution is 5.80. The first kappa shape index (κ1) is 19.7. The molecule has 2 atom stereocenters. The van der Waals surface area contributed by atoms with E-state index in [1.807, 2.05) is 42.3 Å². The molecule has 6 nitrogen and oxygen atoms in total. The lowest BCUT2D eigenvalue weighted by Gasteiger charge is -2.34. The Morgan fingerprint density at radius 1 is 1.15 bits per heavy atom. The number of carbonyl (C=O) groups is 2. The van der Waals surface area contributed by atoms with E-state index < -0.39 is 0 Å². The number of carbonyl (C=O) groups excluding carboxylic acids is 2. The van der Waals surface area contributed by atoms with E-state index in [2.05, 4.69) is 5.32 Å². The van der Waals surface area contributed by atoms with E-state index in [1.165, 1.54) is 0 Å². The Kier molecular flexibility index (Phi) is 6.72. The number of nitrogens with zero attached hydrogens (tertiary/aromatic N) is 2. The van der Waals surface area contributed by atoms with E-state index in [0.29, 0.717) is 32.1 Å². The fourth-order valence-corrected chi connectivity index (χ4v) is 4.31. The quantitative estimate of drug-likeness (QED) is 0.832. The van der Waals surface area contributed by atoms with E-state index in [1.54, 1.807) is 4.90 Å². The molecule has 3 rings (SSSR count). The van der Waals surface area contributed by atoms with Gasteiger partial charge in [-0.05, 0) is 43.7 Å². The summed E-state index contributed by atoms with van der Waals surface area (Å²) in [6.07, 6.45) is 4.76. The van der Waals surface area contributed by atoms with Crippen LogP contribution in [0.15, 0.2) is 30.3 Å². The lowest BCUT2D eigenvalue weighted by molar-refractivity contribution is -0.127. The van der Waals surface area contributed by atoms with Gasteiger partial charge in [0.15, 0.2) is 0 Å². The molecule has 1 saturated carbocycles. The van der Waals surface area contributed by atoms with Crippen LogP contribution in [0.25, 0.3) is 0 Å². The van der Waals surface area contributed by atoms with E-state index in [0.717, 1.165) is 37.7 Å². The minimum atomic E-state index is 0.00695. The molecule has 0 bridgehead atoms. The number of likely N-dealkylation sites (tertiary alicyclic amines) is 1. The molecule has 1 aromatic carbocycles. The Labute approximate surface area is 162 Å². The van der Waals surface area contributed by atoms with Gasteiger partial charge < -0.3 is 20.9 Å². The normalized spacial score (nSPS) is 23.3. The number of urea groups is 1. The highest BCUT2D eigenvalue weighted by Crippen LogP contribution is 2.26. The maximum atomic E-state index is 12.7. The van der Waals surface area contributed by atoms with Gasteiger partial charge in [0.2, 0.25) is 5.91 Å². The molecule has 1 aliphatic carbocycles. The minimum Gasteiger partial charge on any atom is -0.353 e. The van der Waals surface area contributed by atoms with Gasteiger partial charge in [-0.25, -0.2) is 4.79 Å². The Bertz CT molecular complexity index is 628. The van der Waals surface area contributed by atoms with Gasteiger partial charge in [-0.2, -0.15) is 0 Å². The molecular weight excluding hydrogens is 340 g/mol. The van der Waals surface area contributed by atoms with Crippen molar-refractivity contribution in [1.82, 2.24) is 15.1 Å². The average Bonchev–Trinajstić information content (AvgIpc) is 3.15. The Morgan fingerprint density at radius 2 is 1.85 bits per heavy atom. The number of nitrogens with two attached hydrogens (primary N) is 1. The molecule has 0 radical (unpaired) electrons. The topological polar surface area (TPSA) is 78.7 Å². The number of benzene rings is 1. The molecule has 2 aliphatic rings. The van der Waals surface area contributed by atoms with Crippen LogP contribution in [0.2, 0.25) is 0 Å². The molecule has 0 spiro atoms. The zero-order valence-electron chi connectivity index (χ0n) is 16.3. The SMILES string of the molecule is CN(Cc1ccccc1)C(=O)N1CCC(C(=O)NC2CCCC2CN)CC1. The lowest BCUT2D eigenvalue weighted by Crippen LogP contribution is -2.49. The summed E-state index contributed by atoms with van der Waals surface area (Å²) in [7, 11) is 1.83. The summed E-state index contributed by atoms with van der Waals surface area (Å²) in [6.45, 7) is 2.52. The number of rotatable bonds is 5. The van der Waals surface area contributed by atoms with Crippen molar-refractivity contribution >= 4 is 11.9 Å². The zero-order chi connectivity index (χ0) is 19.2. The number of nitrogens with one attached hydrogen (secondary N) is 1. The maximum Gasteiger partial charge on any atom is 0.320 e. The molecule has 148 valence electrons. The van der Waals surface area contributed by atoms with Crippen LogP contribution >= 0.6 is 0 Å². The summed E-state index contributed by atoms with van der Waals surface area (Å²) in [5.74, 6) is 0.569. The van der Waals surface area contributed by atoms with Crippen molar-refractivity contribution in [2.24, 2.45) is 17.6 Å². The maximum absolute atomic E-state index is 12.7. The van der Waals surface area contributed by atoms with Crippen molar-refractivity contribution in [2.45, 2.75) is 44.7 Å². The summed E-state index contributed by atoms with van der Waals surface area (Å²) < 4.78 is 0. The van der Waals surface area contributed by atoms with E-state index >= 15 is 0 Å². The monoisotopic (exact) mass is 372 g/mol. The first-order valence-corrected chi connectivity index (χ1v) is 10.1. The van der Waals surface area contributed by atoms with Crippen molar-refractivity contribution in [2.75, 3.05) is 26.7 Å². The lowest BCUT2D eigenvalue weighted by atomic mass is 9.94. The van der Waals surface area contributed by atoms with E-state index in [4.69, 9.17) is 5.73 Å². The Morgan fingerprint density at radius 3 is 2.52 bits per heavy atom. The van der Waals surface area contributed by atoms with Crippen LogP contribution in [-0.4, -0.2) is 54.5 Å². The van der Waals surface area contributed by atoms with Gasteiger partial charge in [-0.3, -0.25) is 4.79 Å². The molecule has 1 aliphatic heterocycles. The summed E-state index contributed by atoms with van der Waals surface area (Å²) in [6, 6.07) is 10.3. The molecule has 27 heavy (non-hydrogen) atoms. The van der Waals surface area contributed by atoms with Gasteiger partial charge in [0.25, 0.3) is 0 Å². The molecular formula is C21H32N4O2. The van der Waals surface area contributed by atoms with Gasteiger partial charge in [-0.1, -0.05) is 36.8 Å². The second-order valence-corrected chi connectivity index (χ2v) is 7.93. The molecule has 6 heteroatoms. The molecule has 2 fully saturated rings. The van der Waals surface area contributed by atoms with Crippen molar-refractivity contribution < 1.29 is 9.59 Å². The highest BCUT2D eigenvalue weighted by atomic mass is 16.2. The third kappa shape index (κ3) is 5.01. The van der Waals surface area contributed by atoms with Crippen LogP contribution in [0.4, 0.5) is 4.79 Å². The average molecular weight is 373 g/mol. The third-order valence-electron chi connectivity index (χ3n) is 6.01. The molecule has 3 N–H and O–H groups in total. The number of amides is 3. The number of hydrogen-bond donors (Lipinski definition) is 2. The Balaban J connectivity index is 1.45. The predicted octanol–water partition coefficient (Wildman–Crippen LogP) is 2.19. The van der Waals surface area contributed by atoms with Crippen molar-refractivity contribution in [3.63, 3.8) is 0 Å². The molecule has 3 amide bonds. The summed E-state index contributed by atoms with van der Waals surface area (Å²) in [5, 5.41) is 3.22. The zero-order valence-corrected chi connectivity index (χ0v) is 16.3. The molecule has 0 aromatic heterocycles.